The summed E-state index contributed by atoms with van der Waals surface area (Å²) >= 11 is 0. The molecule has 1 aromatic carbocycles. The lowest BCUT2D eigenvalue weighted by Crippen LogP contribution is -2.31. The second-order valence-corrected chi connectivity index (χ2v) is 4.68. The van der Waals surface area contributed by atoms with Crippen LogP contribution in [0.5, 0.6) is 5.75 Å². The van der Waals surface area contributed by atoms with Gasteiger partial charge in [0.2, 0.25) is 0 Å². The van der Waals surface area contributed by atoms with Crippen LogP contribution in [0.1, 0.15) is 18.9 Å². The highest BCUT2D eigenvalue weighted by molar-refractivity contribution is 5.73. The zero-order valence-electron chi connectivity index (χ0n) is 12.4. The van der Waals surface area contributed by atoms with Crippen LogP contribution in [0.2, 0.25) is 0 Å². The van der Waals surface area contributed by atoms with Gasteiger partial charge in [0.15, 0.2) is 0 Å². The molecule has 1 rings (SSSR count). The van der Waals surface area contributed by atoms with E-state index in [0.717, 1.165) is 23.4 Å². The molecule has 4 nitrogen and oxygen atoms in total. The zero-order chi connectivity index (χ0) is 14.4. The van der Waals surface area contributed by atoms with Gasteiger partial charge in [-0.3, -0.25) is 4.79 Å². The van der Waals surface area contributed by atoms with E-state index < -0.39 is 0 Å². The van der Waals surface area contributed by atoms with Gasteiger partial charge in [0, 0.05) is 13.6 Å². The average Bonchev–Trinajstić information content (AvgIpc) is 2.43. The number of aryl methyl sites for hydroxylation is 1. The summed E-state index contributed by atoms with van der Waals surface area (Å²) in [7, 11) is 5.04. The van der Waals surface area contributed by atoms with Crippen molar-refractivity contribution in [1.82, 2.24) is 0 Å². The number of methoxy groups -OCH3 is 2. The molecule has 0 spiro atoms. The van der Waals surface area contributed by atoms with Gasteiger partial charge in [0.25, 0.3) is 0 Å². The van der Waals surface area contributed by atoms with Gasteiger partial charge in [0.05, 0.1) is 25.8 Å². The van der Waals surface area contributed by atoms with Crippen LogP contribution in [0.3, 0.4) is 0 Å². The lowest BCUT2D eigenvalue weighted by atomic mass is 10.1. The van der Waals surface area contributed by atoms with E-state index in [9.17, 15) is 4.79 Å². The quantitative estimate of drug-likeness (QED) is 0.741. The van der Waals surface area contributed by atoms with Gasteiger partial charge in [-0.1, -0.05) is 13.0 Å². The Hall–Kier alpha value is -1.71. The largest absolute Gasteiger partial charge is 0.495 e. The number of ether oxygens (including phenoxy) is 2. The third-order valence-electron chi connectivity index (χ3n) is 3.27. The molecule has 0 N–H and O–H groups in total. The highest BCUT2D eigenvalue weighted by atomic mass is 16.5. The standard InChI is InChI=1S/C15H23NO3/c1-6-12(15(17)19-5)10-16(3)13-9-11(2)7-8-14(13)18-4/h7-9,12H,6,10H2,1-5H3. The predicted molar refractivity (Wildman–Crippen MR) is 76.8 cm³/mol. The van der Waals surface area contributed by atoms with Crippen molar-refractivity contribution in [1.29, 1.82) is 0 Å². The molecule has 0 saturated carbocycles. The smallest absolute Gasteiger partial charge is 0.310 e. The third-order valence-corrected chi connectivity index (χ3v) is 3.27. The molecule has 0 aromatic heterocycles. The predicted octanol–water partition coefficient (Wildman–Crippen LogP) is 2.64. The fourth-order valence-electron chi connectivity index (χ4n) is 2.06. The first kappa shape index (κ1) is 15.3. The lowest BCUT2D eigenvalue weighted by molar-refractivity contribution is -0.145. The normalized spacial score (nSPS) is 11.8. The number of nitrogens with zero attached hydrogens (tertiary/aromatic N) is 1. The Morgan fingerprint density at radius 3 is 2.58 bits per heavy atom. The summed E-state index contributed by atoms with van der Waals surface area (Å²) in [5.74, 6) is 0.522. The van der Waals surface area contributed by atoms with Crippen LogP contribution in [0, 0.1) is 12.8 Å². The van der Waals surface area contributed by atoms with Gasteiger partial charge in [-0.2, -0.15) is 0 Å². The van der Waals surface area contributed by atoms with Crippen molar-refractivity contribution in [3.63, 3.8) is 0 Å². The highest BCUT2D eigenvalue weighted by Gasteiger charge is 2.20. The Morgan fingerprint density at radius 2 is 2.05 bits per heavy atom. The Bertz CT molecular complexity index is 431. The van der Waals surface area contributed by atoms with E-state index in [1.807, 2.05) is 37.9 Å². The molecular weight excluding hydrogens is 242 g/mol. The monoisotopic (exact) mass is 265 g/mol. The minimum Gasteiger partial charge on any atom is -0.495 e. The van der Waals surface area contributed by atoms with Crippen molar-refractivity contribution in [3.05, 3.63) is 23.8 Å². The van der Waals surface area contributed by atoms with Crippen LogP contribution in [-0.4, -0.2) is 33.8 Å². The number of hydrogen-bond donors (Lipinski definition) is 0. The molecule has 0 saturated heterocycles. The van der Waals surface area contributed by atoms with E-state index in [4.69, 9.17) is 9.47 Å². The summed E-state index contributed by atoms with van der Waals surface area (Å²) < 4.78 is 10.2. The summed E-state index contributed by atoms with van der Waals surface area (Å²) in [6.45, 7) is 4.64. The Balaban J connectivity index is 2.90. The molecule has 0 fully saturated rings. The van der Waals surface area contributed by atoms with Gasteiger partial charge in [-0.05, 0) is 31.0 Å². The zero-order valence-corrected chi connectivity index (χ0v) is 12.4. The molecule has 1 atom stereocenters. The summed E-state index contributed by atoms with van der Waals surface area (Å²) in [4.78, 5) is 13.7. The van der Waals surface area contributed by atoms with Crippen LogP contribution in [0.25, 0.3) is 0 Å². The van der Waals surface area contributed by atoms with Crippen molar-refractivity contribution in [3.8, 4) is 5.75 Å². The first-order chi connectivity index (χ1) is 9.03. The van der Waals surface area contributed by atoms with Crippen LogP contribution in [0.4, 0.5) is 5.69 Å². The van der Waals surface area contributed by atoms with Gasteiger partial charge in [0.1, 0.15) is 5.75 Å². The third kappa shape index (κ3) is 3.88. The molecule has 0 radical (unpaired) electrons. The van der Waals surface area contributed by atoms with Crippen molar-refractivity contribution >= 4 is 11.7 Å². The van der Waals surface area contributed by atoms with Crippen LogP contribution < -0.4 is 9.64 Å². The first-order valence-corrected chi connectivity index (χ1v) is 6.47. The van der Waals surface area contributed by atoms with E-state index in [2.05, 4.69) is 6.07 Å². The van der Waals surface area contributed by atoms with Crippen molar-refractivity contribution < 1.29 is 14.3 Å². The minimum absolute atomic E-state index is 0.125. The van der Waals surface area contributed by atoms with Gasteiger partial charge in [-0.15, -0.1) is 0 Å². The first-order valence-electron chi connectivity index (χ1n) is 6.47. The van der Waals surface area contributed by atoms with Crippen molar-refractivity contribution in [2.45, 2.75) is 20.3 Å². The van der Waals surface area contributed by atoms with Gasteiger partial charge in [-0.25, -0.2) is 0 Å². The van der Waals surface area contributed by atoms with Crippen molar-refractivity contribution in [2.75, 3.05) is 32.7 Å². The van der Waals surface area contributed by atoms with Gasteiger partial charge < -0.3 is 14.4 Å². The maximum atomic E-state index is 11.7. The maximum absolute atomic E-state index is 11.7. The number of carbonyl (C=O) groups is 1. The maximum Gasteiger partial charge on any atom is 0.310 e. The summed E-state index contributed by atoms with van der Waals surface area (Å²) in [6.07, 6.45) is 0.755. The van der Waals surface area contributed by atoms with E-state index in [-0.39, 0.29) is 11.9 Å². The van der Waals surface area contributed by atoms with E-state index in [1.54, 1.807) is 7.11 Å². The molecule has 0 bridgehead atoms. The van der Waals surface area contributed by atoms with E-state index >= 15 is 0 Å². The topological polar surface area (TPSA) is 38.8 Å². The molecular formula is C15H23NO3. The fourth-order valence-corrected chi connectivity index (χ4v) is 2.06. The second-order valence-electron chi connectivity index (χ2n) is 4.68. The molecule has 19 heavy (non-hydrogen) atoms. The lowest BCUT2D eigenvalue weighted by Gasteiger charge is -2.25. The molecule has 0 heterocycles. The van der Waals surface area contributed by atoms with Crippen LogP contribution >= 0.6 is 0 Å². The number of rotatable bonds is 6. The number of hydrogen-bond acceptors (Lipinski definition) is 4. The average molecular weight is 265 g/mol. The van der Waals surface area contributed by atoms with Crippen LogP contribution in [0.15, 0.2) is 18.2 Å². The molecule has 1 aromatic rings. The molecule has 0 aliphatic heterocycles. The van der Waals surface area contributed by atoms with E-state index in [1.165, 1.54) is 7.11 Å². The number of carbonyl (C=O) groups excluding carboxylic acids is 1. The summed E-state index contributed by atoms with van der Waals surface area (Å²) in [5, 5.41) is 0. The second kappa shape index (κ2) is 7.02. The van der Waals surface area contributed by atoms with E-state index in [0.29, 0.717) is 6.54 Å². The van der Waals surface area contributed by atoms with Crippen molar-refractivity contribution in [2.24, 2.45) is 5.92 Å². The summed E-state index contributed by atoms with van der Waals surface area (Å²) in [5.41, 5.74) is 2.15. The fraction of sp³-hybridized carbons (Fsp3) is 0.533. The Morgan fingerprint density at radius 1 is 1.37 bits per heavy atom. The minimum atomic E-state index is -0.166. The molecule has 106 valence electrons. The molecule has 4 heteroatoms. The molecule has 1 unspecified atom stereocenters. The number of benzene rings is 1. The molecule has 0 aliphatic carbocycles. The highest BCUT2D eigenvalue weighted by Crippen LogP contribution is 2.29. The van der Waals surface area contributed by atoms with Gasteiger partial charge >= 0.3 is 5.97 Å². The number of esters is 1. The molecule has 0 amide bonds. The summed E-state index contributed by atoms with van der Waals surface area (Å²) in [6, 6.07) is 6.01. The molecule has 0 aliphatic rings. The van der Waals surface area contributed by atoms with Crippen LogP contribution in [-0.2, 0) is 9.53 Å². The number of anilines is 1. The Labute approximate surface area is 115 Å². The Kier molecular flexibility index (Phi) is 5.67. The SMILES string of the molecule is CCC(CN(C)c1cc(C)ccc1OC)C(=O)OC.